The van der Waals surface area contributed by atoms with Crippen molar-refractivity contribution >= 4 is 40.4 Å². The van der Waals surface area contributed by atoms with Crippen molar-refractivity contribution in [2.75, 3.05) is 26.4 Å². The number of nitrogens with one attached hydrogen (secondary N) is 1. The smallest absolute Gasteiger partial charge is 0.283 e. The van der Waals surface area contributed by atoms with Gasteiger partial charge < -0.3 is 14.2 Å². The Kier molecular flexibility index (Phi) is 7.78. The van der Waals surface area contributed by atoms with Crippen molar-refractivity contribution in [3.05, 3.63) is 107 Å². The number of para-hydroxylation sites is 1. The minimum atomic E-state index is -0.416. The average Bonchev–Trinajstić information content (AvgIpc) is 3.36. The highest BCUT2D eigenvalue weighted by Gasteiger charge is 2.36. The van der Waals surface area contributed by atoms with E-state index in [1.165, 1.54) is 11.8 Å². The summed E-state index contributed by atoms with van der Waals surface area (Å²) in [7, 11) is 0. The minimum absolute atomic E-state index is 0.115. The van der Waals surface area contributed by atoms with Crippen LogP contribution in [0.3, 0.4) is 0 Å². The van der Waals surface area contributed by atoms with Gasteiger partial charge in [-0.2, -0.15) is 4.99 Å². The van der Waals surface area contributed by atoms with Gasteiger partial charge in [0, 0.05) is 5.41 Å². The number of ether oxygens (including phenoxy) is 3. The highest BCUT2D eigenvalue weighted by molar-refractivity contribution is 8.17. The summed E-state index contributed by atoms with van der Waals surface area (Å²) < 4.78 is 16.9. The van der Waals surface area contributed by atoms with Gasteiger partial charge in [0.1, 0.15) is 30.5 Å². The molecule has 0 bridgehead atoms. The zero-order valence-electron chi connectivity index (χ0n) is 20.0. The van der Waals surface area contributed by atoms with E-state index in [9.17, 15) is 4.79 Å². The number of amidine groups is 2. The fraction of sp³-hybridized carbons (Fsp3) is 0.138. The van der Waals surface area contributed by atoms with E-state index in [0.717, 1.165) is 22.6 Å². The molecule has 0 atom stereocenters. The third-order valence-electron chi connectivity index (χ3n) is 5.61. The molecule has 186 valence electrons. The van der Waals surface area contributed by atoms with Crippen LogP contribution in [0, 0.1) is 5.41 Å². The lowest BCUT2D eigenvalue weighted by atomic mass is 10.1. The first kappa shape index (κ1) is 24.5. The third kappa shape index (κ3) is 5.99. The van der Waals surface area contributed by atoms with Crippen LogP contribution in [0.2, 0.25) is 0 Å². The normalized spacial score (nSPS) is 15.9. The molecule has 5 rings (SSSR count). The molecule has 0 saturated heterocycles. The van der Waals surface area contributed by atoms with Crippen molar-refractivity contribution < 1.29 is 19.0 Å². The van der Waals surface area contributed by atoms with E-state index in [2.05, 4.69) is 4.99 Å². The SMILES string of the molecule is N=C1C(=Cc2ccc(OCCOCCOc3ccccc3)cc2)C(=O)N=C2SC=C(c3ccccc3)N12. The number of fused-ring (bicyclic) bond motifs is 1. The van der Waals surface area contributed by atoms with Gasteiger partial charge in [-0.1, -0.05) is 72.4 Å². The quantitative estimate of drug-likeness (QED) is 0.287. The van der Waals surface area contributed by atoms with Crippen LogP contribution in [-0.4, -0.2) is 48.2 Å². The Bertz CT molecular complexity index is 1350. The topological polar surface area (TPSA) is 84.2 Å². The number of thioether (sulfide) groups is 1. The number of aliphatic imine (C=N–C) groups is 1. The molecular formula is C29H25N3O4S. The van der Waals surface area contributed by atoms with Crippen LogP contribution in [0.4, 0.5) is 0 Å². The summed E-state index contributed by atoms with van der Waals surface area (Å²) in [4.78, 5) is 18.6. The van der Waals surface area contributed by atoms with Gasteiger partial charge in [-0.3, -0.25) is 15.1 Å². The molecule has 7 nitrogen and oxygen atoms in total. The maximum Gasteiger partial charge on any atom is 0.283 e. The third-order valence-corrected chi connectivity index (χ3v) is 6.44. The van der Waals surface area contributed by atoms with Crippen molar-refractivity contribution in [1.29, 1.82) is 5.41 Å². The van der Waals surface area contributed by atoms with Crippen LogP contribution in [0.5, 0.6) is 11.5 Å². The molecule has 0 aromatic heterocycles. The number of benzene rings is 3. The Morgan fingerprint density at radius 2 is 1.43 bits per heavy atom. The molecular weight excluding hydrogens is 486 g/mol. The van der Waals surface area contributed by atoms with Gasteiger partial charge in [0.25, 0.3) is 5.91 Å². The average molecular weight is 512 g/mol. The number of amides is 1. The highest BCUT2D eigenvalue weighted by Crippen LogP contribution is 2.37. The van der Waals surface area contributed by atoms with Gasteiger partial charge in [-0.15, -0.1) is 0 Å². The molecule has 1 amide bonds. The van der Waals surface area contributed by atoms with Gasteiger partial charge in [0.15, 0.2) is 5.17 Å². The second-order valence-electron chi connectivity index (χ2n) is 8.12. The molecule has 1 N–H and O–H groups in total. The largest absolute Gasteiger partial charge is 0.491 e. The number of carbonyl (C=O) groups excluding carboxylic acids is 1. The molecule has 0 spiro atoms. The Morgan fingerprint density at radius 3 is 2.11 bits per heavy atom. The Labute approximate surface area is 219 Å². The first-order valence-corrected chi connectivity index (χ1v) is 12.7. The highest BCUT2D eigenvalue weighted by atomic mass is 32.2. The Hall–Kier alpha value is -4.14. The summed E-state index contributed by atoms with van der Waals surface area (Å²) in [5.74, 6) is 1.22. The lowest BCUT2D eigenvalue weighted by molar-refractivity contribution is -0.114. The number of rotatable bonds is 10. The van der Waals surface area contributed by atoms with Crippen molar-refractivity contribution in [3.8, 4) is 11.5 Å². The molecule has 0 aliphatic carbocycles. The second kappa shape index (κ2) is 11.7. The number of hydrogen-bond acceptors (Lipinski definition) is 6. The van der Waals surface area contributed by atoms with Crippen LogP contribution in [0.15, 0.2) is 101 Å². The monoisotopic (exact) mass is 511 g/mol. The van der Waals surface area contributed by atoms with Gasteiger partial charge in [0.2, 0.25) is 0 Å². The Balaban J connectivity index is 1.13. The van der Waals surface area contributed by atoms with Crippen LogP contribution in [0.25, 0.3) is 11.8 Å². The van der Waals surface area contributed by atoms with E-state index in [0.29, 0.717) is 37.3 Å². The summed E-state index contributed by atoms with van der Waals surface area (Å²) in [5, 5.41) is 11.2. The van der Waals surface area contributed by atoms with Crippen LogP contribution < -0.4 is 9.47 Å². The number of hydrogen-bond donors (Lipinski definition) is 1. The maximum atomic E-state index is 12.7. The molecule has 8 heteroatoms. The van der Waals surface area contributed by atoms with E-state index >= 15 is 0 Å². The summed E-state index contributed by atoms with van der Waals surface area (Å²) in [6, 6.07) is 26.8. The molecule has 2 aliphatic heterocycles. The van der Waals surface area contributed by atoms with Crippen molar-refractivity contribution in [1.82, 2.24) is 4.90 Å². The van der Waals surface area contributed by atoms with Gasteiger partial charge in [-0.05, 0) is 41.5 Å². The Morgan fingerprint density at radius 1 is 0.811 bits per heavy atom. The van der Waals surface area contributed by atoms with Crippen molar-refractivity contribution in [2.45, 2.75) is 0 Å². The summed E-state index contributed by atoms with van der Waals surface area (Å²) in [5.41, 5.74) is 2.83. The van der Waals surface area contributed by atoms with Crippen LogP contribution in [0.1, 0.15) is 11.1 Å². The van der Waals surface area contributed by atoms with Crippen LogP contribution in [-0.2, 0) is 9.53 Å². The molecule has 0 fully saturated rings. The lowest BCUT2D eigenvalue weighted by Crippen LogP contribution is -2.38. The van der Waals surface area contributed by atoms with Gasteiger partial charge in [0.05, 0.1) is 24.5 Å². The molecule has 2 aliphatic rings. The zero-order chi connectivity index (χ0) is 25.5. The molecule has 37 heavy (non-hydrogen) atoms. The van der Waals surface area contributed by atoms with E-state index < -0.39 is 5.91 Å². The molecule has 0 saturated carbocycles. The van der Waals surface area contributed by atoms with Crippen LogP contribution >= 0.6 is 11.8 Å². The van der Waals surface area contributed by atoms with E-state index in [1.54, 1.807) is 11.0 Å². The lowest BCUT2D eigenvalue weighted by Gasteiger charge is -2.26. The number of nitrogens with zero attached hydrogens (tertiary/aromatic N) is 2. The van der Waals surface area contributed by atoms with Crippen molar-refractivity contribution in [3.63, 3.8) is 0 Å². The van der Waals surface area contributed by atoms with E-state index in [4.69, 9.17) is 19.6 Å². The first-order valence-electron chi connectivity index (χ1n) is 11.8. The van der Waals surface area contributed by atoms with Gasteiger partial charge in [-0.25, -0.2) is 0 Å². The number of carbonyl (C=O) groups is 1. The minimum Gasteiger partial charge on any atom is -0.491 e. The molecule has 3 aromatic carbocycles. The van der Waals surface area contributed by atoms with E-state index in [1.807, 2.05) is 90.3 Å². The molecule has 3 aromatic rings. The first-order chi connectivity index (χ1) is 18.2. The predicted molar refractivity (Wildman–Crippen MR) is 147 cm³/mol. The molecule has 0 unspecified atom stereocenters. The summed E-state index contributed by atoms with van der Waals surface area (Å²) in [6.45, 7) is 1.81. The van der Waals surface area contributed by atoms with E-state index in [-0.39, 0.29) is 11.4 Å². The maximum absolute atomic E-state index is 12.7. The standard InChI is InChI=1S/C29H25N3O4S/c30-27-25(28(33)31-29-32(27)26(20-37-29)22-7-3-1-4-8-22)19-21-11-13-24(14-12-21)36-18-16-34-15-17-35-23-9-5-2-6-10-23/h1-14,19-20,30H,15-18H2. The summed E-state index contributed by atoms with van der Waals surface area (Å²) in [6.07, 6.45) is 1.69. The van der Waals surface area contributed by atoms with Gasteiger partial charge >= 0.3 is 0 Å². The van der Waals surface area contributed by atoms with Crippen molar-refractivity contribution in [2.24, 2.45) is 4.99 Å². The fourth-order valence-electron chi connectivity index (χ4n) is 3.80. The second-order valence-corrected chi connectivity index (χ2v) is 8.96. The fourth-order valence-corrected chi connectivity index (χ4v) is 4.69. The molecule has 0 radical (unpaired) electrons. The summed E-state index contributed by atoms with van der Waals surface area (Å²) >= 11 is 1.35. The zero-order valence-corrected chi connectivity index (χ0v) is 20.8. The predicted octanol–water partition coefficient (Wildman–Crippen LogP) is 5.47. The molecule has 2 heterocycles.